The van der Waals surface area contributed by atoms with E-state index in [1.54, 1.807) is 0 Å². The molecule has 8 nitrogen and oxygen atoms in total. The van der Waals surface area contributed by atoms with Gasteiger partial charge in [-0.05, 0) is 114 Å². The van der Waals surface area contributed by atoms with Crippen molar-refractivity contribution in [3.63, 3.8) is 0 Å². The van der Waals surface area contributed by atoms with Crippen LogP contribution in [0.4, 0.5) is 0 Å². The zero-order valence-corrected chi connectivity index (χ0v) is 47.9. The van der Waals surface area contributed by atoms with Gasteiger partial charge in [0.05, 0.1) is 55.2 Å². The summed E-state index contributed by atoms with van der Waals surface area (Å²) in [4.78, 5) is 15.6. The molecule has 414 valence electrons. The highest BCUT2D eigenvalue weighted by Gasteiger charge is 2.26. The molecule has 0 saturated heterocycles. The molecule has 19 rings (SSSR count). The second-order valence-corrected chi connectivity index (χ2v) is 23.1. The summed E-state index contributed by atoms with van der Waals surface area (Å²) in [5, 5.41) is 11.8. The normalized spacial score (nSPS) is 12.0. The van der Waals surface area contributed by atoms with E-state index in [2.05, 4.69) is 290 Å². The van der Waals surface area contributed by atoms with Gasteiger partial charge in [0.25, 0.3) is 0 Å². The van der Waals surface area contributed by atoms with Crippen LogP contribution in [0, 0.1) is 0 Å². The van der Waals surface area contributed by atoms with Gasteiger partial charge >= 0.3 is 0 Å². The van der Waals surface area contributed by atoms with Crippen molar-refractivity contribution in [3.05, 3.63) is 303 Å². The first-order valence-electron chi connectivity index (χ1n) is 30.3. The molecule has 6 aromatic heterocycles. The molecule has 13 aromatic carbocycles. The van der Waals surface area contributed by atoms with Gasteiger partial charge in [0.1, 0.15) is 0 Å². The monoisotopic (exact) mass is 1130 g/mol. The van der Waals surface area contributed by atoms with Crippen LogP contribution in [0.1, 0.15) is 0 Å². The number of fused-ring (bicyclic) bond motifs is 17. The summed E-state index contributed by atoms with van der Waals surface area (Å²) in [6.07, 6.45) is 0. The van der Waals surface area contributed by atoms with E-state index >= 15 is 0 Å². The summed E-state index contributed by atoms with van der Waals surface area (Å²) in [6.45, 7) is 0. The van der Waals surface area contributed by atoms with E-state index in [1.165, 1.54) is 59.6 Å². The zero-order valence-electron chi connectivity index (χ0n) is 47.9. The van der Waals surface area contributed by atoms with Crippen molar-refractivity contribution in [1.82, 2.24) is 37.8 Å². The van der Waals surface area contributed by atoms with Gasteiger partial charge in [-0.3, -0.25) is 4.57 Å². The first-order chi connectivity index (χ1) is 44.2. The molecule has 8 heteroatoms. The Bertz CT molecular complexity index is 6020. The molecule has 0 fully saturated rings. The van der Waals surface area contributed by atoms with Crippen LogP contribution in [-0.4, -0.2) is 37.8 Å². The Balaban J connectivity index is 0.859. The summed E-state index contributed by atoms with van der Waals surface area (Å²) in [7, 11) is 0. The smallest absolute Gasteiger partial charge is 0.238 e. The van der Waals surface area contributed by atoms with Crippen LogP contribution in [0.15, 0.2) is 303 Å². The highest BCUT2D eigenvalue weighted by atomic mass is 15.2. The van der Waals surface area contributed by atoms with Crippen LogP contribution < -0.4 is 0 Å². The fourth-order valence-corrected chi connectivity index (χ4v) is 14.5. The Morgan fingerprint density at radius 1 is 0.191 bits per heavy atom. The van der Waals surface area contributed by atoms with E-state index in [4.69, 9.17) is 15.0 Å². The SMILES string of the molecule is c1ccc(-c2nc(-c3ccccc3)nc(-n3c4ccccc4c4cc(-n5c6ccc(-c7ccc8c(c7)c7ccc9c%10ccccc%10n(-c%10ccccc%10)c9c7n8-c7ccccc7)cc6c6ccc7c(c8ccccc8n7-c7ccccc7)c65)ccc43)n2)cc1. The van der Waals surface area contributed by atoms with Crippen LogP contribution >= 0.6 is 0 Å². The third-order valence-electron chi connectivity index (χ3n) is 18.3. The predicted octanol–water partition coefficient (Wildman–Crippen LogP) is 20.4. The van der Waals surface area contributed by atoms with E-state index in [9.17, 15) is 0 Å². The molecule has 0 aliphatic heterocycles. The highest BCUT2D eigenvalue weighted by Crippen LogP contribution is 2.47. The lowest BCUT2D eigenvalue weighted by molar-refractivity contribution is 0.953. The Kier molecular flexibility index (Phi) is 10.6. The maximum absolute atomic E-state index is 5.26. The molecule has 0 radical (unpaired) electrons. The summed E-state index contributed by atoms with van der Waals surface area (Å²) in [5.41, 5.74) is 19.9. The standard InChI is InChI=1S/C81H50N8/c1-6-22-51(23-7-1)79-82-80(52-24-8-2-9-25-52)84-81(83-79)89-69-36-20-17-33-60(69)67-50-58(40-46-73(67)89)88-72-45-39-53(48-65(72)62-43-47-74-75(76(62)88)64-34-18-21-37-70(64)85(74)55-26-10-3-11-27-55)54-38-44-71-66(49-54)63-42-41-61-59-32-16-19-35-68(59)86(56-28-12-4-13-29-56)77(61)78(63)87(71)57-30-14-5-15-31-57/h1-50H. The molecule has 0 saturated carbocycles. The lowest BCUT2D eigenvalue weighted by Gasteiger charge is -2.12. The number of para-hydroxylation sites is 6. The topological polar surface area (TPSA) is 63.3 Å². The van der Waals surface area contributed by atoms with Crippen molar-refractivity contribution in [2.24, 2.45) is 0 Å². The number of nitrogens with zero attached hydrogens (tertiary/aromatic N) is 8. The van der Waals surface area contributed by atoms with Crippen molar-refractivity contribution >= 4 is 109 Å². The molecule has 6 heterocycles. The van der Waals surface area contributed by atoms with Crippen molar-refractivity contribution in [1.29, 1.82) is 0 Å². The summed E-state index contributed by atoms with van der Waals surface area (Å²) < 4.78 is 12.1. The molecular weight excluding hydrogens is 1080 g/mol. The molecule has 19 aromatic rings. The number of benzene rings is 13. The maximum atomic E-state index is 5.26. The minimum absolute atomic E-state index is 0.558. The van der Waals surface area contributed by atoms with Gasteiger partial charge in [0.2, 0.25) is 5.95 Å². The molecule has 0 atom stereocenters. The van der Waals surface area contributed by atoms with Crippen LogP contribution in [-0.2, 0) is 0 Å². The van der Waals surface area contributed by atoms with Crippen LogP contribution in [0.25, 0.3) is 172 Å². The summed E-state index contributed by atoms with van der Waals surface area (Å²) in [5.74, 6) is 1.79. The number of rotatable bonds is 8. The predicted molar refractivity (Wildman–Crippen MR) is 368 cm³/mol. The molecule has 0 aliphatic rings. The minimum Gasteiger partial charge on any atom is -0.309 e. The Hall–Kier alpha value is -12.1. The van der Waals surface area contributed by atoms with Gasteiger partial charge in [-0.1, -0.05) is 200 Å². The van der Waals surface area contributed by atoms with Crippen molar-refractivity contribution in [2.45, 2.75) is 0 Å². The zero-order chi connectivity index (χ0) is 58.3. The van der Waals surface area contributed by atoms with Gasteiger partial charge in [-0.2, -0.15) is 9.97 Å². The van der Waals surface area contributed by atoms with Crippen molar-refractivity contribution < 1.29 is 0 Å². The van der Waals surface area contributed by atoms with Crippen LogP contribution in [0.2, 0.25) is 0 Å². The molecule has 89 heavy (non-hydrogen) atoms. The molecule has 0 N–H and O–H groups in total. The van der Waals surface area contributed by atoms with Gasteiger partial charge in [-0.25, -0.2) is 4.98 Å². The second-order valence-electron chi connectivity index (χ2n) is 23.1. The third-order valence-corrected chi connectivity index (χ3v) is 18.3. The first kappa shape index (κ1) is 49.2. The van der Waals surface area contributed by atoms with Gasteiger partial charge in [0, 0.05) is 87.7 Å². The Morgan fingerprint density at radius 2 is 0.551 bits per heavy atom. The molecule has 0 amide bonds. The molecule has 0 bridgehead atoms. The lowest BCUT2D eigenvalue weighted by atomic mass is 10.00. The minimum atomic E-state index is 0.558. The number of hydrogen-bond donors (Lipinski definition) is 0. The maximum Gasteiger partial charge on any atom is 0.238 e. The van der Waals surface area contributed by atoms with Gasteiger partial charge in [0.15, 0.2) is 11.6 Å². The summed E-state index contributed by atoms with van der Waals surface area (Å²) in [6, 6.07) is 110. The quantitative estimate of drug-likeness (QED) is 0.152. The van der Waals surface area contributed by atoms with Crippen LogP contribution in [0.3, 0.4) is 0 Å². The third kappa shape index (κ3) is 7.32. The van der Waals surface area contributed by atoms with Crippen molar-refractivity contribution in [2.75, 3.05) is 0 Å². The Morgan fingerprint density at radius 3 is 1.10 bits per heavy atom. The van der Waals surface area contributed by atoms with Crippen molar-refractivity contribution in [3.8, 4) is 62.6 Å². The second kappa shape index (κ2) is 19.2. The fourth-order valence-electron chi connectivity index (χ4n) is 14.5. The fraction of sp³-hybridized carbons (Fsp3) is 0. The van der Waals surface area contributed by atoms with E-state index in [1.807, 2.05) is 36.4 Å². The molecular formula is C81H50N8. The molecule has 0 unspecified atom stereocenters. The average molecular weight is 1140 g/mol. The molecule has 0 aliphatic carbocycles. The van der Waals surface area contributed by atoms with E-state index in [0.29, 0.717) is 17.6 Å². The van der Waals surface area contributed by atoms with Gasteiger partial charge in [-0.15, -0.1) is 0 Å². The Labute approximate surface area is 509 Å². The number of hydrogen-bond acceptors (Lipinski definition) is 3. The molecule has 0 spiro atoms. The van der Waals surface area contributed by atoms with Gasteiger partial charge < -0.3 is 18.3 Å². The number of aromatic nitrogens is 8. The summed E-state index contributed by atoms with van der Waals surface area (Å²) >= 11 is 0. The van der Waals surface area contributed by atoms with E-state index in [-0.39, 0.29) is 0 Å². The van der Waals surface area contributed by atoms with E-state index in [0.717, 1.165) is 94.4 Å². The highest BCUT2D eigenvalue weighted by molar-refractivity contribution is 6.28. The average Bonchev–Trinajstić information content (AvgIpc) is 1.68. The largest absolute Gasteiger partial charge is 0.309 e. The van der Waals surface area contributed by atoms with Crippen LogP contribution in [0.5, 0.6) is 0 Å². The van der Waals surface area contributed by atoms with E-state index < -0.39 is 0 Å². The lowest BCUT2D eigenvalue weighted by Crippen LogP contribution is -2.06. The first-order valence-corrected chi connectivity index (χ1v) is 30.3.